The zero-order valence-corrected chi connectivity index (χ0v) is 16.4. The Kier molecular flexibility index (Phi) is 6.50. The van der Waals surface area contributed by atoms with Crippen LogP contribution in [0, 0.1) is 0 Å². The van der Waals surface area contributed by atoms with Gasteiger partial charge in [-0.25, -0.2) is 0 Å². The number of carbonyl (C=O) groups is 1. The van der Waals surface area contributed by atoms with Gasteiger partial charge in [-0.15, -0.1) is 0 Å². The van der Waals surface area contributed by atoms with Crippen LogP contribution in [0.2, 0.25) is 5.02 Å². The predicted octanol–water partition coefficient (Wildman–Crippen LogP) is 4.81. The molecule has 1 N–H and O–H groups in total. The van der Waals surface area contributed by atoms with Crippen LogP contribution in [0.3, 0.4) is 0 Å². The molecule has 0 aliphatic carbocycles. The molecule has 0 fully saturated rings. The van der Waals surface area contributed by atoms with Crippen molar-refractivity contribution in [1.82, 2.24) is 10.3 Å². The lowest BCUT2D eigenvalue weighted by Crippen LogP contribution is -2.27. The lowest BCUT2D eigenvalue weighted by atomic mass is 10.1. The van der Waals surface area contributed by atoms with E-state index in [9.17, 15) is 4.79 Å². The number of rotatable bonds is 7. The van der Waals surface area contributed by atoms with Gasteiger partial charge in [-0.1, -0.05) is 29.8 Å². The number of benzene rings is 2. The molecule has 1 unspecified atom stereocenters. The van der Waals surface area contributed by atoms with E-state index in [1.807, 2.05) is 49.4 Å². The lowest BCUT2D eigenvalue weighted by Gasteiger charge is -2.17. The molecular weight excluding hydrogens is 376 g/mol. The van der Waals surface area contributed by atoms with Crippen molar-refractivity contribution in [2.45, 2.75) is 19.6 Å². The van der Waals surface area contributed by atoms with Crippen LogP contribution in [0.1, 0.15) is 34.6 Å². The van der Waals surface area contributed by atoms with Crippen molar-refractivity contribution < 1.29 is 14.3 Å². The Labute approximate surface area is 169 Å². The van der Waals surface area contributed by atoms with Gasteiger partial charge in [0.25, 0.3) is 5.91 Å². The van der Waals surface area contributed by atoms with Gasteiger partial charge < -0.3 is 14.8 Å². The van der Waals surface area contributed by atoms with Crippen LogP contribution in [-0.2, 0) is 6.61 Å². The number of nitrogens with zero attached hydrogens (tertiary/aromatic N) is 1. The second-order valence-electron chi connectivity index (χ2n) is 6.22. The molecule has 0 saturated heterocycles. The van der Waals surface area contributed by atoms with Gasteiger partial charge >= 0.3 is 0 Å². The van der Waals surface area contributed by atoms with Crippen LogP contribution in [0.15, 0.2) is 66.9 Å². The van der Waals surface area contributed by atoms with Gasteiger partial charge in [0.1, 0.15) is 18.1 Å². The molecule has 0 saturated carbocycles. The van der Waals surface area contributed by atoms with Gasteiger partial charge in [-0.05, 0) is 55.0 Å². The number of amides is 1. The largest absolute Gasteiger partial charge is 0.496 e. The third-order valence-electron chi connectivity index (χ3n) is 4.23. The molecule has 0 bridgehead atoms. The summed E-state index contributed by atoms with van der Waals surface area (Å²) < 4.78 is 11.1. The molecule has 1 aromatic heterocycles. The molecule has 28 heavy (non-hydrogen) atoms. The van der Waals surface area contributed by atoms with E-state index in [0.29, 0.717) is 28.7 Å². The summed E-state index contributed by atoms with van der Waals surface area (Å²) in [5.41, 5.74) is 2.21. The second kappa shape index (κ2) is 9.24. The number of pyridine rings is 1. The van der Waals surface area contributed by atoms with Crippen molar-refractivity contribution in [1.29, 1.82) is 0 Å². The van der Waals surface area contributed by atoms with Crippen LogP contribution < -0.4 is 14.8 Å². The number of methoxy groups -OCH3 is 1. The van der Waals surface area contributed by atoms with Gasteiger partial charge in [-0.2, -0.15) is 0 Å². The highest BCUT2D eigenvalue weighted by Crippen LogP contribution is 2.25. The smallest absolute Gasteiger partial charge is 0.255 e. The van der Waals surface area contributed by atoms with E-state index in [0.717, 1.165) is 11.3 Å². The Balaban J connectivity index is 1.67. The van der Waals surface area contributed by atoms with Gasteiger partial charge in [0.2, 0.25) is 0 Å². The summed E-state index contributed by atoms with van der Waals surface area (Å²) in [7, 11) is 1.51. The van der Waals surface area contributed by atoms with Crippen LogP contribution in [0.25, 0.3) is 0 Å². The molecular formula is C22H21ClN2O3. The van der Waals surface area contributed by atoms with E-state index < -0.39 is 0 Å². The number of ether oxygens (including phenoxy) is 2. The molecule has 0 radical (unpaired) electrons. The normalized spacial score (nSPS) is 11.5. The maximum absolute atomic E-state index is 12.6. The first-order valence-corrected chi connectivity index (χ1v) is 9.21. The second-order valence-corrected chi connectivity index (χ2v) is 6.66. The minimum atomic E-state index is -0.235. The topological polar surface area (TPSA) is 60.5 Å². The Morgan fingerprint density at radius 3 is 2.75 bits per heavy atom. The standard InChI is InChI=1S/C22H21ClN2O3/c1-15(25-22(26)20-10-9-17(23)13-21(20)27-2)16-6-5-8-19(12-16)28-14-18-7-3-4-11-24-18/h3-13,15H,14H2,1-2H3,(H,25,26). The summed E-state index contributed by atoms with van der Waals surface area (Å²) >= 11 is 5.96. The molecule has 1 amide bonds. The molecule has 5 nitrogen and oxygen atoms in total. The van der Waals surface area contributed by atoms with Crippen molar-refractivity contribution in [3.05, 3.63) is 88.7 Å². The summed E-state index contributed by atoms with van der Waals surface area (Å²) in [4.78, 5) is 16.9. The van der Waals surface area contributed by atoms with Gasteiger partial charge in [0.05, 0.1) is 24.4 Å². The number of aromatic nitrogens is 1. The average Bonchev–Trinajstić information content (AvgIpc) is 2.73. The average molecular weight is 397 g/mol. The fraction of sp³-hybridized carbons (Fsp3) is 0.182. The highest BCUT2D eigenvalue weighted by atomic mass is 35.5. The van der Waals surface area contributed by atoms with Crippen molar-refractivity contribution in [3.63, 3.8) is 0 Å². The Bertz CT molecular complexity index is 948. The molecule has 3 rings (SSSR count). The van der Waals surface area contributed by atoms with Crippen LogP contribution in [-0.4, -0.2) is 18.0 Å². The van der Waals surface area contributed by atoms with Crippen LogP contribution in [0.4, 0.5) is 0 Å². The van der Waals surface area contributed by atoms with Crippen molar-refractivity contribution in [2.24, 2.45) is 0 Å². The fourth-order valence-electron chi connectivity index (χ4n) is 2.72. The highest BCUT2D eigenvalue weighted by Gasteiger charge is 2.16. The number of carbonyl (C=O) groups excluding carboxylic acids is 1. The molecule has 2 aromatic carbocycles. The summed E-state index contributed by atoms with van der Waals surface area (Å²) in [6, 6.07) is 18.0. The summed E-state index contributed by atoms with van der Waals surface area (Å²) in [5, 5.41) is 3.49. The number of halogens is 1. The van der Waals surface area contributed by atoms with Crippen molar-refractivity contribution >= 4 is 17.5 Å². The predicted molar refractivity (Wildman–Crippen MR) is 109 cm³/mol. The quantitative estimate of drug-likeness (QED) is 0.622. The minimum absolute atomic E-state index is 0.216. The zero-order chi connectivity index (χ0) is 19.9. The van der Waals surface area contributed by atoms with Crippen LogP contribution >= 0.6 is 11.6 Å². The van der Waals surface area contributed by atoms with E-state index >= 15 is 0 Å². The lowest BCUT2D eigenvalue weighted by molar-refractivity contribution is 0.0936. The SMILES string of the molecule is COc1cc(Cl)ccc1C(=O)NC(C)c1cccc(OCc2ccccn2)c1. The van der Waals surface area contributed by atoms with E-state index in [1.165, 1.54) is 7.11 Å². The van der Waals surface area contributed by atoms with E-state index in [4.69, 9.17) is 21.1 Å². The maximum atomic E-state index is 12.6. The molecule has 3 aromatic rings. The first-order chi connectivity index (χ1) is 13.6. The Morgan fingerprint density at radius 1 is 1.14 bits per heavy atom. The molecule has 1 atom stereocenters. The first-order valence-electron chi connectivity index (χ1n) is 8.84. The molecule has 6 heteroatoms. The maximum Gasteiger partial charge on any atom is 0.255 e. The first kappa shape index (κ1) is 19.7. The molecule has 144 valence electrons. The number of nitrogens with one attached hydrogen (secondary N) is 1. The van der Waals surface area contributed by atoms with E-state index in [2.05, 4.69) is 10.3 Å². The van der Waals surface area contributed by atoms with E-state index in [1.54, 1.807) is 24.4 Å². The van der Waals surface area contributed by atoms with Crippen molar-refractivity contribution in [2.75, 3.05) is 7.11 Å². The molecule has 0 aliphatic heterocycles. The summed E-state index contributed by atoms with van der Waals surface area (Å²) in [6.45, 7) is 2.30. The van der Waals surface area contributed by atoms with E-state index in [-0.39, 0.29) is 11.9 Å². The summed E-state index contributed by atoms with van der Waals surface area (Å²) in [6.07, 6.45) is 1.73. The Morgan fingerprint density at radius 2 is 2.00 bits per heavy atom. The molecule has 1 heterocycles. The minimum Gasteiger partial charge on any atom is -0.496 e. The zero-order valence-electron chi connectivity index (χ0n) is 15.7. The number of hydrogen-bond acceptors (Lipinski definition) is 4. The van der Waals surface area contributed by atoms with Crippen LogP contribution in [0.5, 0.6) is 11.5 Å². The Hall–Kier alpha value is -3.05. The van der Waals surface area contributed by atoms with Gasteiger partial charge in [0.15, 0.2) is 0 Å². The van der Waals surface area contributed by atoms with Gasteiger partial charge in [0, 0.05) is 11.2 Å². The third-order valence-corrected chi connectivity index (χ3v) is 4.46. The third kappa shape index (κ3) is 5.02. The fourth-order valence-corrected chi connectivity index (χ4v) is 2.89. The number of hydrogen-bond donors (Lipinski definition) is 1. The van der Waals surface area contributed by atoms with Gasteiger partial charge in [-0.3, -0.25) is 9.78 Å². The monoisotopic (exact) mass is 396 g/mol. The highest BCUT2D eigenvalue weighted by molar-refractivity contribution is 6.30. The van der Waals surface area contributed by atoms with Crippen molar-refractivity contribution in [3.8, 4) is 11.5 Å². The molecule has 0 aliphatic rings. The summed E-state index contributed by atoms with van der Waals surface area (Å²) in [5.74, 6) is 0.916. The molecule has 0 spiro atoms.